The first-order chi connectivity index (χ1) is 11.7. The average molecular weight is 347 g/mol. The summed E-state index contributed by atoms with van der Waals surface area (Å²) in [5, 5.41) is 13.8. The molecule has 0 fully saturated rings. The summed E-state index contributed by atoms with van der Waals surface area (Å²) < 4.78 is 5.46. The molecule has 0 saturated carbocycles. The number of fused-ring (bicyclic) bond motifs is 1. The number of aliphatic hydroxyl groups excluding tert-OH is 1. The quantitative estimate of drug-likeness (QED) is 0.790. The number of nitrogens with zero attached hydrogens (tertiary/aromatic N) is 3. The number of rotatable bonds is 8. The van der Waals surface area contributed by atoms with Crippen molar-refractivity contribution in [3.63, 3.8) is 0 Å². The van der Waals surface area contributed by atoms with Gasteiger partial charge in [0.05, 0.1) is 18.4 Å². The van der Waals surface area contributed by atoms with E-state index in [9.17, 15) is 5.11 Å². The minimum Gasteiger partial charge on any atom is -0.395 e. The Hall–Kier alpha value is -1.37. The molecule has 0 spiro atoms. The van der Waals surface area contributed by atoms with E-state index in [1.807, 2.05) is 0 Å². The summed E-state index contributed by atoms with van der Waals surface area (Å²) in [5.41, 5.74) is 2.77. The van der Waals surface area contributed by atoms with Gasteiger partial charge in [0.15, 0.2) is 5.82 Å². The van der Waals surface area contributed by atoms with Crippen LogP contribution in [-0.4, -0.2) is 39.1 Å². The largest absolute Gasteiger partial charge is 0.395 e. The fourth-order valence-corrected chi connectivity index (χ4v) is 4.13. The molecule has 2 aromatic rings. The summed E-state index contributed by atoms with van der Waals surface area (Å²) in [5.74, 6) is 2.42. The molecule has 1 aliphatic rings. The lowest BCUT2D eigenvalue weighted by atomic mass is 10.1. The maximum absolute atomic E-state index is 9.47. The molecule has 5 nitrogen and oxygen atoms in total. The highest BCUT2D eigenvalue weighted by molar-refractivity contribution is 7.99. The first kappa shape index (κ1) is 17.5. The van der Waals surface area contributed by atoms with Gasteiger partial charge in [0.1, 0.15) is 0 Å². The number of benzene rings is 1. The fourth-order valence-electron chi connectivity index (χ4n) is 3.38. The molecule has 0 saturated heterocycles. The summed E-state index contributed by atoms with van der Waals surface area (Å²) in [6, 6.07) is 8.88. The third-order valence-electron chi connectivity index (χ3n) is 4.53. The van der Waals surface area contributed by atoms with Gasteiger partial charge in [-0.25, -0.2) is 0 Å². The van der Waals surface area contributed by atoms with Gasteiger partial charge >= 0.3 is 0 Å². The van der Waals surface area contributed by atoms with Gasteiger partial charge in [-0.2, -0.15) is 16.7 Å². The van der Waals surface area contributed by atoms with E-state index in [-0.39, 0.29) is 11.9 Å². The number of aryl methyl sites for hydroxylation is 1. The Labute approximate surface area is 147 Å². The first-order valence-electron chi connectivity index (χ1n) is 8.59. The first-order valence-corrected chi connectivity index (χ1v) is 9.64. The van der Waals surface area contributed by atoms with E-state index in [2.05, 4.69) is 53.2 Å². The Morgan fingerprint density at radius 2 is 2.25 bits per heavy atom. The topological polar surface area (TPSA) is 62.4 Å². The second-order valence-corrected chi connectivity index (χ2v) is 7.71. The van der Waals surface area contributed by atoms with Crippen LogP contribution in [0.5, 0.6) is 0 Å². The standard InChI is InChI=1S/C18H25N3O2S/c1-3-24-13(2)18-19-17(23-20-18)12-21(10-11-22)16-9-8-14-6-4-5-7-15(14)16/h4-7,13,16,22H,3,8-12H2,1-2H3. The summed E-state index contributed by atoms with van der Waals surface area (Å²) in [7, 11) is 0. The van der Waals surface area contributed by atoms with Crippen LogP contribution in [0.25, 0.3) is 0 Å². The molecule has 6 heteroatoms. The number of hydrogen-bond donors (Lipinski definition) is 1. The zero-order valence-electron chi connectivity index (χ0n) is 14.3. The van der Waals surface area contributed by atoms with Crippen LogP contribution in [0.1, 0.15) is 54.4 Å². The van der Waals surface area contributed by atoms with Crippen LogP contribution in [0.2, 0.25) is 0 Å². The minimum absolute atomic E-state index is 0.127. The smallest absolute Gasteiger partial charge is 0.240 e. The van der Waals surface area contributed by atoms with Gasteiger partial charge in [-0.15, -0.1) is 0 Å². The maximum atomic E-state index is 9.47. The molecule has 0 bridgehead atoms. The van der Waals surface area contributed by atoms with Crippen LogP contribution in [-0.2, 0) is 13.0 Å². The van der Waals surface area contributed by atoms with Crippen molar-refractivity contribution >= 4 is 11.8 Å². The maximum Gasteiger partial charge on any atom is 0.240 e. The zero-order chi connectivity index (χ0) is 16.9. The molecule has 3 rings (SSSR count). The lowest BCUT2D eigenvalue weighted by Gasteiger charge is -2.27. The van der Waals surface area contributed by atoms with Gasteiger partial charge in [-0.1, -0.05) is 36.3 Å². The molecule has 24 heavy (non-hydrogen) atoms. The van der Waals surface area contributed by atoms with Crippen molar-refractivity contribution in [2.24, 2.45) is 0 Å². The Morgan fingerprint density at radius 1 is 1.42 bits per heavy atom. The summed E-state index contributed by atoms with van der Waals surface area (Å²) in [6.45, 7) is 5.54. The summed E-state index contributed by atoms with van der Waals surface area (Å²) in [4.78, 5) is 6.81. The highest BCUT2D eigenvalue weighted by Gasteiger charge is 2.28. The molecule has 1 aromatic carbocycles. The molecular weight excluding hydrogens is 322 g/mol. The van der Waals surface area contributed by atoms with Gasteiger partial charge in [0.25, 0.3) is 0 Å². The van der Waals surface area contributed by atoms with Crippen LogP contribution in [0.3, 0.4) is 0 Å². The molecule has 1 N–H and O–H groups in total. The summed E-state index contributed by atoms with van der Waals surface area (Å²) >= 11 is 1.80. The normalized spacial score (nSPS) is 18.1. The minimum atomic E-state index is 0.127. The van der Waals surface area contributed by atoms with Crippen molar-refractivity contribution in [3.05, 3.63) is 47.1 Å². The van der Waals surface area contributed by atoms with Crippen molar-refractivity contribution in [2.45, 2.75) is 44.5 Å². The number of aliphatic hydroxyl groups is 1. The van der Waals surface area contributed by atoms with E-state index in [4.69, 9.17) is 4.52 Å². The van der Waals surface area contributed by atoms with E-state index in [0.717, 1.165) is 24.4 Å². The predicted octanol–water partition coefficient (Wildman–Crippen LogP) is 3.37. The van der Waals surface area contributed by atoms with Crippen LogP contribution < -0.4 is 0 Å². The monoisotopic (exact) mass is 347 g/mol. The second-order valence-electron chi connectivity index (χ2n) is 6.09. The molecular formula is C18H25N3O2S. The SMILES string of the molecule is CCSC(C)c1noc(CN(CCO)C2CCc3ccccc32)n1. The van der Waals surface area contributed by atoms with E-state index in [1.54, 1.807) is 11.8 Å². The van der Waals surface area contributed by atoms with Crippen molar-refractivity contribution in [1.29, 1.82) is 0 Å². The van der Waals surface area contributed by atoms with E-state index in [1.165, 1.54) is 11.1 Å². The molecule has 2 unspecified atom stereocenters. The lowest BCUT2D eigenvalue weighted by Crippen LogP contribution is -2.30. The average Bonchev–Trinajstić information content (AvgIpc) is 3.21. The predicted molar refractivity (Wildman–Crippen MR) is 95.8 cm³/mol. The van der Waals surface area contributed by atoms with Gasteiger partial charge in [-0.05, 0) is 36.6 Å². The Balaban J connectivity index is 1.73. The van der Waals surface area contributed by atoms with Crippen molar-refractivity contribution < 1.29 is 9.63 Å². The van der Waals surface area contributed by atoms with E-state index < -0.39 is 0 Å². The molecule has 1 aliphatic carbocycles. The van der Waals surface area contributed by atoms with Crippen LogP contribution in [0.15, 0.2) is 28.8 Å². The Kier molecular flexibility index (Phi) is 5.92. The second kappa shape index (κ2) is 8.14. The molecule has 1 aromatic heterocycles. The Morgan fingerprint density at radius 3 is 3.04 bits per heavy atom. The lowest BCUT2D eigenvalue weighted by molar-refractivity contribution is 0.128. The molecule has 0 aliphatic heterocycles. The van der Waals surface area contributed by atoms with E-state index >= 15 is 0 Å². The molecule has 0 amide bonds. The van der Waals surface area contributed by atoms with Crippen molar-refractivity contribution in [3.8, 4) is 0 Å². The zero-order valence-corrected chi connectivity index (χ0v) is 15.1. The van der Waals surface area contributed by atoms with Gasteiger partial charge < -0.3 is 9.63 Å². The van der Waals surface area contributed by atoms with Crippen molar-refractivity contribution in [1.82, 2.24) is 15.0 Å². The van der Waals surface area contributed by atoms with Gasteiger partial charge in [0.2, 0.25) is 5.89 Å². The number of aromatic nitrogens is 2. The van der Waals surface area contributed by atoms with Gasteiger partial charge in [0, 0.05) is 12.6 Å². The molecule has 0 radical (unpaired) electrons. The van der Waals surface area contributed by atoms with Gasteiger partial charge in [-0.3, -0.25) is 4.90 Å². The molecule has 130 valence electrons. The summed E-state index contributed by atoms with van der Waals surface area (Å²) in [6.07, 6.45) is 2.16. The molecule has 2 atom stereocenters. The van der Waals surface area contributed by atoms with Crippen LogP contribution in [0, 0.1) is 0 Å². The highest BCUT2D eigenvalue weighted by atomic mass is 32.2. The van der Waals surface area contributed by atoms with Crippen molar-refractivity contribution in [2.75, 3.05) is 18.9 Å². The van der Waals surface area contributed by atoms with Crippen LogP contribution >= 0.6 is 11.8 Å². The number of thioether (sulfide) groups is 1. The third-order valence-corrected chi connectivity index (χ3v) is 5.58. The van der Waals surface area contributed by atoms with Crippen LogP contribution in [0.4, 0.5) is 0 Å². The Bertz CT molecular complexity index is 661. The number of hydrogen-bond acceptors (Lipinski definition) is 6. The third kappa shape index (κ3) is 3.82. The molecule has 1 heterocycles. The van der Waals surface area contributed by atoms with E-state index in [0.29, 0.717) is 25.0 Å². The highest BCUT2D eigenvalue weighted by Crippen LogP contribution is 2.36. The fraction of sp³-hybridized carbons (Fsp3) is 0.556.